The standard InChI is InChI=1S/C17H23ClN2O3S.C2HF3O2/c1-23-16(22)17(8-11-4-2-3-5-13(11)18)6-7-20-9-12(17)15(21)14(19)10-24;3-2(4,5)1(6)7/h2-5,12,14,20,24H,6-10,19H2,1H3;(H,6,7)/t12?,14-,17?;/m0./s1. The first kappa shape index (κ1) is 27.2. The number of alkyl halides is 3. The van der Waals surface area contributed by atoms with Gasteiger partial charge in [0.1, 0.15) is 0 Å². The molecule has 1 fully saturated rings. The van der Waals surface area contributed by atoms with E-state index >= 15 is 0 Å². The summed E-state index contributed by atoms with van der Waals surface area (Å²) in [5.74, 6) is -3.66. The number of benzene rings is 1. The van der Waals surface area contributed by atoms with Gasteiger partial charge in [-0.25, -0.2) is 4.79 Å². The molecule has 1 aliphatic rings. The molecule has 1 aromatic carbocycles. The molecule has 1 aliphatic heterocycles. The van der Waals surface area contributed by atoms with E-state index in [1.54, 1.807) is 6.07 Å². The molecule has 2 rings (SSSR count). The molecule has 0 bridgehead atoms. The monoisotopic (exact) mass is 484 g/mol. The van der Waals surface area contributed by atoms with Crippen molar-refractivity contribution in [3.63, 3.8) is 0 Å². The summed E-state index contributed by atoms with van der Waals surface area (Å²) in [4.78, 5) is 34.4. The molecule has 4 N–H and O–H groups in total. The van der Waals surface area contributed by atoms with Crippen molar-refractivity contribution in [3.05, 3.63) is 34.9 Å². The van der Waals surface area contributed by atoms with Gasteiger partial charge in [-0.1, -0.05) is 29.8 Å². The van der Waals surface area contributed by atoms with E-state index in [1.807, 2.05) is 18.2 Å². The summed E-state index contributed by atoms with van der Waals surface area (Å²) in [5.41, 5.74) is 5.75. The maximum atomic E-state index is 12.8. The highest BCUT2D eigenvalue weighted by Crippen LogP contribution is 2.41. The van der Waals surface area contributed by atoms with Gasteiger partial charge in [-0.3, -0.25) is 9.59 Å². The highest BCUT2D eigenvalue weighted by molar-refractivity contribution is 7.80. The summed E-state index contributed by atoms with van der Waals surface area (Å²) in [7, 11) is 1.35. The van der Waals surface area contributed by atoms with Crippen molar-refractivity contribution in [2.45, 2.75) is 25.1 Å². The molecule has 3 atom stereocenters. The van der Waals surface area contributed by atoms with Crippen molar-refractivity contribution < 1.29 is 37.4 Å². The Labute approximate surface area is 187 Å². The molecule has 0 aliphatic carbocycles. The molecule has 1 aromatic rings. The molecule has 31 heavy (non-hydrogen) atoms. The highest BCUT2D eigenvalue weighted by Gasteiger charge is 2.52. The number of Topliss-reactive ketones (excluding diaryl/α,β-unsaturated/α-hetero) is 1. The third-order valence-electron chi connectivity index (χ3n) is 4.97. The molecule has 0 spiro atoms. The van der Waals surface area contributed by atoms with Crippen LogP contribution in [0.3, 0.4) is 0 Å². The fourth-order valence-electron chi connectivity index (χ4n) is 3.36. The Hall–Kier alpha value is -1.82. The number of nitrogens with one attached hydrogen (secondary N) is 1. The number of hydrogen-bond acceptors (Lipinski definition) is 7. The third kappa shape index (κ3) is 7.09. The van der Waals surface area contributed by atoms with Gasteiger partial charge in [-0.05, 0) is 31.0 Å². The predicted octanol–water partition coefficient (Wildman–Crippen LogP) is 2.11. The number of carbonyl (C=O) groups is 3. The van der Waals surface area contributed by atoms with E-state index in [0.717, 1.165) is 5.56 Å². The Kier molecular flexibility index (Phi) is 10.3. The largest absolute Gasteiger partial charge is 0.490 e. The lowest BCUT2D eigenvalue weighted by Crippen LogP contribution is -2.57. The number of thiol groups is 1. The molecule has 7 nitrogen and oxygen atoms in total. The summed E-state index contributed by atoms with van der Waals surface area (Å²) in [6.45, 7) is 1.01. The van der Waals surface area contributed by atoms with E-state index in [4.69, 9.17) is 32.0 Å². The molecular weight excluding hydrogens is 461 g/mol. The molecular formula is C19H24ClF3N2O5S. The van der Waals surface area contributed by atoms with Crippen LogP contribution in [0, 0.1) is 11.3 Å². The van der Waals surface area contributed by atoms with E-state index in [9.17, 15) is 22.8 Å². The Morgan fingerprint density at radius 1 is 1.39 bits per heavy atom. The number of methoxy groups -OCH3 is 1. The van der Waals surface area contributed by atoms with Gasteiger partial charge in [0.25, 0.3) is 0 Å². The van der Waals surface area contributed by atoms with E-state index in [2.05, 4.69) is 17.9 Å². The van der Waals surface area contributed by atoms with Gasteiger partial charge >= 0.3 is 18.1 Å². The van der Waals surface area contributed by atoms with Crippen LogP contribution in [-0.2, 0) is 25.5 Å². The number of ketones is 1. The molecule has 0 radical (unpaired) electrons. The lowest BCUT2D eigenvalue weighted by atomic mass is 9.64. The zero-order valence-corrected chi connectivity index (χ0v) is 18.3. The average molecular weight is 485 g/mol. The number of piperidine rings is 1. The number of nitrogens with two attached hydrogens (primary N) is 1. The molecule has 0 saturated carbocycles. The van der Waals surface area contributed by atoms with Gasteiger partial charge in [0.15, 0.2) is 5.78 Å². The topological polar surface area (TPSA) is 119 Å². The number of esters is 1. The SMILES string of the molecule is COC(=O)C1(Cc2ccccc2Cl)CCNCC1C(=O)[C@@H](N)CS.O=C(O)C(F)(F)F. The third-order valence-corrected chi connectivity index (χ3v) is 5.73. The van der Waals surface area contributed by atoms with Gasteiger partial charge in [-0.15, -0.1) is 0 Å². The van der Waals surface area contributed by atoms with Crippen LogP contribution < -0.4 is 11.1 Å². The summed E-state index contributed by atoms with van der Waals surface area (Å²) in [6, 6.07) is 6.63. The number of carboxylic acid groups (broad SMARTS) is 1. The van der Waals surface area contributed by atoms with Gasteiger partial charge in [0.2, 0.25) is 0 Å². The number of carboxylic acids is 1. The predicted molar refractivity (Wildman–Crippen MR) is 111 cm³/mol. The maximum absolute atomic E-state index is 12.8. The van der Waals surface area contributed by atoms with E-state index < -0.39 is 35.5 Å². The number of aliphatic carboxylic acids is 1. The Morgan fingerprint density at radius 3 is 2.45 bits per heavy atom. The van der Waals surface area contributed by atoms with Crippen LogP contribution >= 0.6 is 24.2 Å². The lowest BCUT2D eigenvalue weighted by molar-refractivity contribution is -0.192. The van der Waals surface area contributed by atoms with Gasteiger partial charge in [0.05, 0.1) is 18.6 Å². The molecule has 174 valence electrons. The second kappa shape index (κ2) is 11.7. The molecule has 12 heteroatoms. The minimum absolute atomic E-state index is 0.172. The van der Waals surface area contributed by atoms with Crippen LogP contribution in [0.25, 0.3) is 0 Å². The molecule has 1 heterocycles. The van der Waals surface area contributed by atoms with Crippen molar-refractivity contribution in [2.75, 3.05) is 26.0 Å². The Morgan fingerprint density at radius 2 is 1.97 bits per heavy atom. The summed E-state index contributed by atoms with van der Waals surface area (Å²) < 4.78 is 36.8. The number of rotatable bonds is 6. The first-order chi connectivity index (χ1) is 14.4. The maximum Gasteiger partial charge on any atom is 0.490 e. The fraction of sp³-hybridized carbons (Fsp3) is 0.526. The van der Waals surface area contributed by atoms with Crippen LogP contribution in [0.15, 0.2) is 24.3 Å². The number of ether oxygens (including phenoxy) is 1. The zero-order chi connectivity index (χ0) is 23.8. The van der Waals surface area contributed by atoms with Crippen molar-refractivity contribution >= 4 is 42.0 Å². The van der Waals surface area contributed by atoms with Gasteiger partial charge in [0, 0.05) is 23.2 Å². The summed E-state index contributed by atoms with van der Waals surface area (Å²) in [5, 5.41) is 10.9. The quantitative estimate of drug-likeness (QED) is 0.360. The van der Waals surface area contributed by atoms with Crippen molar-refractivity contribution in [1.29, 1.82) is 0 Å². The van der Waals surface area contributed by atoms with Gasteiger partial charge in [-0.2, -0.15) is 25.8 Å². The van der Waals surface area contributed by atoms with Crippen LogP contribution in [0.4, 0.5) is 13.2 Å². The van der Waals surface area contributed by atoms with Crippen molar-refractivity contribution in [3.8, 4) is 0 Å². The Balaban J connectivity index is 0.000000592. The molecule has 0 amide bonds. The fourth-order valence-corrected chi connectivity index (χ4v) is 3.74. The zero-order valence-electron chi connectivity index (χ0n) is 16.6. The minimum Gasteiger partial charge on any atom is -0.475 e. The van der Waals surface area contributed by atoms with Crippen LogP contribution in [0.1, 0.15) is 12.0 Å². The van der Waals surface area contributed by atoms with Gasteiger partial charge < -0.3 is 20.9 Å². The Bertz CT molecular complexity index is 796. The van der Waals surface area contributed by atoms with Crippen LogP contribution in [0.5, 0.6) is 0 Å². The smallest absolute Gasteiger partial charge is 0.475 e. The highest BCUT2D eigenvalue weighted by atomic mass is 35.5. The summed E-state index contributed by atoms with van der Waals surface area (Å²) in [6.07, 6.45) is -4.25. The first-order valence-corrected chi connectivity index (χ1v) is 10.1. The van der Waals surface area contributed by atoms with E-state index in [0.29, 0.717) is 31.0 Å². The normalized spacial score (nSPS) is 22.0. The second-order valence-corrected chi connectivity index (χ2v) is 7.69. The van der Waals surface area contributed by atoms with Crippen LogP contribution in [0.2, 0.25) is 5.02 Å². The second-order valence-electron chi connectivity index (χ2n) is 6.92. The average Bonchev–Trinajstić information content (AvgIpc) is 2.73. The number of carbonyl (C=O) groups excluding carboxylic acids is 2. The van der Waals surface area contributed by atoms with E-state index in [1.165, 1.54) is 7.11 Å². The number of hydrogen-bond donors (Lipinski definition) is 4. The van der Waals surface area contributed by atoms with Crippen molar-refractivity contribution in [1.82, 2.24) is 5.32 Å². The molecule has 2 unspecified atom stereocenters. The van der Waals surface area contributed by atoms with Crippen molar-refractivity contribution in [2.24, 2.45) is 17.1 Å². The summed E-state index contributed by atoms with van der Waals surface area (Å²) >= 11 is 10.4. The minimum atomic E-state index is -5.08. The van der Waals surface area contributed by atoms with E-state index in [-0.39, 0.29) is 11.5 Å². The molecule has 1 saturated heterocycles. The lowest BCUT2D eigenvalue weighted by Gasteiger charge is -2.42. The van der Waals surface area contributed by atoms with Crippen LogP contribution in [-0.4, -0.2) is 61.0 Å². The first-order valence-electron chi connectivity index (χ1n) is 9.13. The number of halogens is 4. The molecule has 0 aromatic heterocycles.